The molecule has 0 saturated heterocycles. The Bertz CT molecular complexity index is 3260. The average Bonchev–Trinajstić information content (AvgIpc) is 3.54. The van der Waals surface area contributed by atoms with Gasteiger partial charge in [0.15, 0.2) is 46.5 Å². The molecule has 0 saturated carbocycles. The molecule has 17 heteroatoms. The molecule has 1 aliphatic carbocycles. The second-order valence-electron chi connectivity index (χ2n) is 16.2. The first-order chi connectivity index (χ1) is 34.4. The maximum absolute atomic E-state index is 19.2. The minimum atomic E-state index is -6.28. The molecule has 0 unspecified atom stereocenters. The van der Waals surface area contributed by atoms with Crippen molar-refractivity contribution in [3.05, 3.63) is 268 Å². The first kappa shape index (κ1) is 49.9. The van der Waals surface area contributed by atoms with Gasteiger partial charge in [-0.1, -0.05) is 146 Å². The molecule has 0 bridgehead atoms. The lowest BCUT2D eigenvalue weighted by molar-refractivity contribution is -0.147. The van der Waals surface area contributed by atoms with E-state index in [1.165, 1.54) is 109 Å². The van der Waals surface area contributed by atoms with Crippen LogP contribution in [0.2, 0.25) is 0 Å². The van der Waals surface area contributed by atoms with Crippen LogP contribution in [0.1, 0.15) is 11.1 Å². The highest BCUT2D eigenvalue weighted by atomic mass is 31.2. The Balaban J connectivity index is 1.70. The Morgan fingerprint density at radius 2 is 0.583 bits per heavy atom. The number of halogens is 15. The number of alkyl halides is 4. The summed E-state index contributed by atoms with van der Waals surface area (Å²) in [6.45, 7) is -5.06. The van der Waals surface area contributed by atoms with Gasteiger partial charge in [0.1, 0.15) is 39.9 Å². The van der Waals surface area contributed by atoms with Gasteiger partial charge in [-0.15, -0.1) is 0 Å². The van der Waals surface area contributed by atoms with Crippen molar-refractivity contribution in [1.82, 2.24) is 0 Å². The van der Waals surface area contributed by atoms with Gasteiger partial charge >= 0.3 is 11.8 Å². The lowest BCUT2D eigenvalue weighted by Gasteiger charge is -2.35. The van der Waals surface area contributed by atoms with E-state index >= 15 is 65.9 Å². The molecule has 0 N–H and O–H groups in total. The van der Waals surface area contributed by atoms with Gasteiger partial charge in [0.05, 0.1) is 16.7 Å². The van der Waals surface area contributed by atoms with Crippen LogP contribution in [0, 0.1) is 58.2 Å². The van der Waals surface area contributed by atoms with E-state index in [0.717, 1.165) is 72.8 Å². The van der Waals surface area contributed by atoms with E-state index in [9.17, 15) is 0 Å². The smallest absolute Gasteiger partial charge is 0.206 e. The Labute approximate surface area is 401 Å². The summed E-state index contributed by atoms with van der Waals surface area (Å²) in [4.78, 5) is 0. The van der Waals surface area contributed by atoms with Gasteiger partial charge in [0, 0.05) is 5.29 Å². The van der Waals surface area contributed by atoms with Crippen molar-refractivity contribution in [2.24, 2.45) is 0 Å². The van der Waals surface area contributed by atoms with Gasteiger partial charge < -0.3 is 0 Å². The van der Waals surface area contributed by atoms with Gasteiger partial charge in [-0.3, -0.25) is 0 Å². The topological polar surface area (TPSA) is 0 Å². The van der Waals surface area contributed by atoms with Gasteiger partial charge in [0.25, 0.3) is 0 Å². The number of hydrogen-bond acceptors (Lipinski definition) is 0. The van der Waals surface area contributed by atoms with Crippen LogP contribution in [0.5, 0.6) is 0 Å². The SMILES string of the molecule is FC1=C(C(c2c(F)c(F)c(F)c(F)c2F)=P(c2ccccc2)(c2ccccc2)c2ccccc2)C(F)(F)C(F)(F)/C1=C(\c1c(F)c(F)c(F)c(F)c1F)[P+](c1ccccc1)(c1ccccc1)c1ccccc1. The predicted octanol–water partition coefficient (Wildman–Crippen LogP) is 13.5. The summed E-state index contributed by atoms with van der Waals surface area (Å²) in [6, 6.07) is 37.4. The molecule has 0 nitrogen and oxygen atoms in total. The molecular weight excluding hydrogens is 1010 g/mol. The highest BCUT2D eigenvalue weighted by Gasteiger charge is 2.73. The molecule has 1 aliphatic rings. The van der Waals surface area contributed by atoms with E-state index in [2.05, 4.69) is 0 Å². The van der Waals surface area contributed by atoms with E-state index in [1.54, 1.807) is 0 Å². The molecule has 0 spiro atoms. The number of hydrogen-bond donors (Lipinski definition) is 0. The zero-order valence-electron chi connectivity index (χ0n) is 36.4. The Kier molecular flexibility index (Phi) is 13.0. The fourth-order valence-electron chi connectivity index (χ4n) is 9.35. The predicted molar refractivity (Wildman–Crippen MR) is 252 cm³/mol. The Hall–Kier alpha value is -7.08. The van der Waals surface area contributed by atoms with Crippen molar-refractivity contribution in [1.29, 1.82) is 0 Å². The van der Waals surface area contributed by atoms with Gasteiger partial charge in [-0.25, -0.2) is 48.3 Å². The molecular formula is C55H30F15P2+. The molecule has 8 aromatic rings. The third-order valence-corrected chi connectivity index (χ3v) is 21.0. The van der Waals surface area contributed by atoms with E-state index in [1.807, 2.05) is 0 Å². The monoisotopic (exact) mass is 1040 g/mol. The minimum absolute atomic E-state index is 0.308. The minimum Gasteiger partial charge on any atom is -0.206 e. The normalized spacial score (nSPS) is 15.2. The first-order valence-corrected chi connectivity index (χ1v) is 24.9. The summed E-state index contributed by atoms with van der Waals surface area (Å²) in [5.41, 5.74) is -10.0. The third-order valence-electron chi connectivity index (χ3n) is 12.4. The molecule has 0 fully saturated rings. The van der Waals surface area contributed by atoms with Gasteiger partial charge in [0.2, 0.25) is 11.6 Å². The molecule has 9 rings (SSSR count). The molecule has 364 valence electrons. The second-order valence-corrected chi connectivity index (χ2v) is 22.8. The summed E-state index contributed by atoms with van der Waals surface area (Å²) >= 11 is 0. The molecule has 0 radical (unpaired) electrons. The molecule has 0 atom stereocenters. The highest BCUT2D eigenvalue weighted by Crippen LogP contribution is 2.73. The van der Waals surface area contributed by atoms with Crippen molar-refractivity contribution in [2.45, 2.75) is 11.8 Å². The quantitative estimate of drug-likeness (QED) is 0.0554. The molecule has 0 aromatic heterocycles. The van der Waals surface area contributed by atoms with Crippen LogP contribution in [-0.4, -0.2) is 17.1 Å². The summed E-state index contributed by atoms with van der Waals surface area (Å²) in [5, 5.41) is -5.66. The summed E-state index contributed by atoms with van der Waals surface area (Å²) < 4.78 is 254. The number of allylic oxidation sites excluding steroid dienone is 3. The van der Waals surface area contributed by atoms with E-state index in [-0.39, 0.29) is 31.8 Å². The van der Waals surface area contributed by atoms with Crippen molar-refractivity contribution in [2.75, 3.05) is 0 Å². The number of benzene rings is 8. The van der Waals surface area contributed by atoms with Crippen molar-refractivity contribution >= 4 is 56.6 Å². The van der Waals surface area contributed by atoms with E-state index in [4.69, 9.17) is 0 Å². The van der Waals surface area contributed by atoms with Crippen LogP contribution >= 0.6 is 14.1 Å². The van der Waals surface area contributed by atoms with Crippen LogP contribution in [0.15, 0.2) is 199 Å². The summed E-state index contributed by atoms with van der Waals surface area (Å²) in [7, 11) is -5.06. The third kappa shape index (κ3) is 7.29. The zero-order valence-corrected chi connectivity index (χ0v) is 38.2. The second kappa shape index (κ2) is 18.8. The summed E-state index contributed by atoms with van der Waals surface area (Å²) in [6.07, 6.45) is 0. The number of rotatable bonds is 10. The maximum atomic E-state index is 19.2. The molecule has 8 aromatic carbocycles. The standard InChI is InChI=1S/C55H30F15P2/c56-41-37(42(57)47(62)50(65)46(41)61)52(71(31-19-7-1-8-20-31,32-21-9-2-10-22-32)33-23-11-3-12-24-33)39-45(60)40(55(69,70)54(39,67)68)53(38-43(58)48(63)51(66)49(64)44(38)59)72(34-25-13-4-14-26-34,35-27-15-5-16-28-35)36-29-17-6-18-30-36/h1-30H/q+1/b52-39+. The van der Waals surface area contributed by atoms with Crippen LogP contribution in [-0.2, 0) is 0 Å². The highest BCUT2D eigenvalue weighted by molar-refractivity contribution is 8.03. The molecule has 72 heavy (non-hydrogen) atoms. The lowest BCUT2D eigenvalue weighted by atomic mass is 9.98. The first-order valence-electron chi connectivity index (χ1n) is 21.3. The molecule has 0 aliphatic heterocycles. The van der Waals surface area contributed by atoms with Crippen molar-refractivity contribution in [3.63, 3.8) is 0 Å². The lowest BCUT2D eigenvalue weighted by Crippen LogP contribution is -2.44. The maximum Gasteiger partial charge on any atom is 0.346 e. The van der Waals surface area contributed by atoms with Crippen LogP contribution in [0.4, 0.5) is 65.9 Å². The Morgan fingerprint density at radius 3 is 0.889 bits per heavy atom. The van der Waals surface area contributed by atoms with Gasteiger partial charge in [-0.2, -0.15) is 17.6 Å². The average molecular weight is 1040 g/mol. The zero-order chi connectivity index (χ0) is 51.5. The van der Waals surface area contributed by atoms with E-state index in [0.29, 0.717) is 0 Å². The molecule has 0 amide bonds. The Morgan fingerprint density at radius 1 is 0.319 bits per heavy atom. The van der Waals surface area contributed by atoms with Crippen molar-refractivity contribution < 1.29 is 65.9 Å². The van der Waals surface area contributed by atoms with E-state index < -0.39 is 123 Å². The van der Waals surface area contributed by atoms with Crippen molar-refractivity contribution in [3.8, 4) is 0 Å². The van der Waals surface area contributed by atoms with Crippen LogP contribution < -0.4 is 31.8 Å². The fourth-order valence-corrected chi connectivity index (χ4v) is 18.6. The van der Waals surface area contributed by atoms with Crippen LogP contribution in [0.3, 0.4) is 0 Å². The molecule has 0 heterocycles. The summed E-state index contributed by atoms with van der Waals surface area (Å²) in [5.74, 6) is -43.6. The van der Waals surface area contributed by atoms with Crippen LogP contribution in [0.25, 0.3) is 5.31 Å². The fraction of sp³-hybridized carbons (Fsp3) is 0.0364. The van der Waals surface area contributed by atoms with Gasteiger partial charge in [-0.05, 0) is 59.2 Å². The largest absolute Gasteiger partial charge is 0.346 e.